The van der Waals surface area contributed by atoms with Crippen LogP contribution in [0.25, 0.3) is 0 Å². The van der Waals surface area contributed by atoms with Crippen LogP contribution in [0.4, 0.5) is 4.39 Å². The number of benzene rings is 1. The summed E-state index contributed by atoms with van der Waals surface area (Å²) >= 11 is 2.96. The van der Waals surface area contributed by atoms with E-state index in [1.807, 2.05) is 0 Å². The lowest BCUT2D eigenvalue weighted by Gasteiger charge is -1.98. The molecule has 1 aromatic carbocycles. The Kier molecular flexibility index (Phi) is 1.80. The smallest absolute Gasteiger partial charge is 0.229 e. The molecule has 0 N–H and O–H groups in total. The van der Waals surface area contributed by atoms with Crippen molar-refractivity contribution in [1.82, 2.24) is 0 Å². The van der Waals surface area contributed by atoms with E-state index in [2.05, 4.69) is 15.9 Å². The highest BCUT2D eigenvalue weighted by molar-refractivity contribution is 9.10. The second-order valence-corrected chi connectivity index (χ2v) is 3.71. The lowest BCUT2D eigenvalue weighted by Crippen LogP contribution is -2.05. The summed E-state index contributed by atoms with van der Waals surface area (Å²) in [5, 5.41) is 0. The lowest BCUT2D eigenvalue weighted by molar-refractivity contribution is -0.114. The van der Waals surface area contributed by atoms with E-state index in [9.17, 15) is 14.0 Å². The van der Waals surface area contributed by atoms with E-state index in [1.54, 1.807) is 0 Å². The molecule has 2 nitrogen and oxygen atoms in total. The van der Waals surface area contributed by atoms with Crippen LogP contribution in [-0.2, 0) is 11.2 Å². The third-order valence-corrected chi connectivity index (χ3v) is 2.60. The van der Waals surface area contributed by atoms with Crippen LogP contribution in [0.1, 0.15) is 15.9 Å². The van der Waals surface area contributed by atoms with Gasteiger partial charge in [0.15, 0.2) is 0 Å². The quantitative estimate of drug-likeness (QED) is 0.652. The van der Waals surface area contributed by atoms with Crippen molar-refractivity contribution in [3.05, 3.63) is 33.5 Å². The number of rotatable bonds is 0. The summed E-state index contributed by atoms with van der Waals surface area (Å²) < 4.78 is 13.2. The van der Waals surface area contributed by atoms with E-state index < -0.39 is 17.4 Å². The largest absolute Gasteiger partial charge is 0.290 e. The maximum atomic E-state index is 13.0. The molecule has 1 aromatic rings. The van der Waals surface area contributed by atoms with Gasteiger partial charge in [0, 0.05) is 12.0 Å². The first-order chi connectivity index (χ1) is 6.09. The fraction of sp³-hybridized carbons (Fsp3) is 0.111. The molecule has 0 amide bonds. The molecule has 1 aliphatic rings. The number of Topliss-reactive ketones (excluding diaryl/α,β-unsaturated/α-hetero) is 2. The van der Waals surface area contributed by atoms with Crippen LogP contribution in [0.3, 0.4) is 0 Å². The first-order valence-corrected chi connectivity index (χ1v) is 4.44. The highest BCUT2D eigenvalue weighted by Gasteiger charge is 2.29. The Labute approximate surface area is 81.9 Å². The van der Waals surface area contributed by atoms with Crippen molar-refractivity contribution in [2.75, 3.05) is 0 Å². The van der Waals surface area contributed by atoms with E-state index in [-0.39, 0.29) is 10.9 Å². The van der Waals surface area contributed by atoms with E-state index >= 15 is 0 Å². The molecule has 2 rings (SSSR count). The first kappa shape index (κ1) is 8.56. The molecule has 0 radical (unpaired) electrons. The van der Waals surface area contributed by atoms with Gasteiger partial charge in [0.2, 0.25) is 11.6 Å². The zero-order valence-electron chi connectivity index (χ0n) is 6.43. The van der Waals surface area contributed by atoms with Crippen molar-refractivity contribution in [3.63, 3.8) is 0 Å². The minimum atomic E-state index is -0.518. The Morgan fingerprint density at radius 3 is 2.69 bits per heavy atom. The third kappa shape index (κ3) is 1.21. The van der Waals surface area contributed by atoms with Gasteiger partial charge in [0.05, 0.1) is 4.47 Å². The van der Waals surface area contributed by atoms with Gasteiger partial charge in [0.1, 0.15) is 5.82 Å². The lowest BCUT2D eigenvalue weighted by atomic mass is 10.1. The predicted molar refractivity (Wildman–Crippen MR) is 47.1 cm³/mol. The second kappa shape index (κ2) is 2.73. The van der Waals surface area contributed by atoms with Gasteiger partial charge >= 0.3 is 0 Å². The monoisotopic (exact) mass is 242 g/mol. The zero-order chi connectivity index (χ0) is 9.59. The fourth-order valence-electron chi connectivity index (χ4n) is 1.35. The Morgan fingerprint density at radius 1 is 1.31 bits per heavy atom. The van der Waals surface area contributed by atoms with Crippen molar-refractivity contribution in [2.24, 2.45) is 0 Å². The Hall–Kier alpha value is -1.03. The van der Waals surface area contributed by atoms with Crippen LogP contribution in [0.15, 0.2) is 16.6 Å². The highest BCUT2D eigenvalue weighted by Crippen LogP contribution is 2.26. The fourth-order valence-corrected chi connectivity index (χ4v) is 1.69. The molecule has 0 aliphatic heterocycles. The van der Waals surface area contributed by atoms with E-state index in [4.69, 9.17) is 0 Å². The molecular weight excluding hydrogens is 239 g/mol. The summed E-state index contributed by atoms with van der Waals surface area (Å²) in [6.07, 6.45) is 0.0262. The molecule has 0 fully saturated rings. The minimum absolute atomic E-state index is 0.0262. The molecule has 0 bridgehead atoms. The summed E-state index contributed by atoms with van der Waals surface area (Å²) in [5.74, 6) is -1.43. The molecule has 0 saturated heterocycles. The zero-order valence-corrected chi connectivity index (χ0v) is 8.02. The topological polar surface area (TPSA) is 34.1 Å². The molecule has 0 aromatic heterocycles. The SMILES string of the molecule is O=C1Cc2cc(F)c(Br)cc2C1=O. The Bertz CT molecular complexity index is 426. The van der Waals surface area contributed by atoms with Gasteiger partial charge in [-0.05, 0) is 33.6 Å². The third-order valence-electron chi connectivity index (χ3n) is 2.00. The standard InChI is InChI=1S/C9H4BrFO2/c10-6-3-5-4(1-7(6)11)2-8(12)9(5)13/h1,3H,2H2. The predicted octanol–water partition coefficient (Wildman–Crippen LogP) is 1.90. The van der Waals surface area contributed by atoms with Gasteiger partial charge in [-0.1, -0.05) is 0 Å². The molecule has 0 unspecified atom stereocenters. The van der Waals surface area contributed by atoms with Gasteiger partial charge in [-0.25, -0.2) is 4.39 Å². The minimum Gasteiger partial charge on any atom is -0.290 e. The maximum absolute atomic E-state index is 13.0. The molecule has 13 heavy (non-hydrogen) atoms. The molecule has 0 heterocycles. The number of carbonyl (C=O) groups excluding carboxylic acids is 2. The maximum Gasteiger partial charge on any atom is 0.229 e. The number of carbonyl (C=O) groups is 2. The highest BCUT2D eigenvalue weighted by atomic mass is 79.9. The van der Waals surface area contributed by atoms with Crippen LogP contribution in [0, 0.1) is 5.82 Å². The number of hydrogen-bond donors (Lipinski definition) is 0. The first-order valence-electron chi connectivity index (χ1n) is 3.65. The normalized spacial score (nSPS) is 14.9. The average Bonchev–Trinajstić information content (AvgIpc) is 2.32. The Morgan fingerprint density at radius 2 is 2.00 bits per heavy atom. The van der Waals surface area contributed by atoms with Crippen molar-refractivity contribution >= 4 is 27.5 Å². The van der Waals surface area contributed by atoms with E-state index in [1.165, 1.54) is 12.1 Å². The van der Waals surface area contributed by atoms with Crippen molar-refractivity contribution < 1.29 is 14.0 Å². The molecule has 4 heteroatoms. The van der Waals surface area contributed by atoms with Crippen molar-refractivity contribution in [1.29, 1.82) is 0 Å². The van der Waals surface area contributed by atoms with Gasteiger partial charge in [0.25, 0.3) is 0 Å². The molecule has 0 spiro atoms. The van der Waals surface area contributed by atoms with Gasteiger partial charge in [-0.3, -0.25) is 9.59 Å². The average molecular weight is 243 g/mol. The van der Waals surface area contributed by atoms with Gasteiger partial charge in [-0.2, -0.15) is 0 Å². The van der Waals surface area contributed by atoms with Crippen LogP contribution in [0.5, 0.6) is 0 Å². The number of ketones is 2. The van der Waals surface area contributed by atoms with E-state index in [0.717, 1.165) is 0 Å². The molecule has 0 atom stereocenters. The van der Waals surface area contributed by atoms with Crippen LogP contribution in [-0.4, -0.2) is 11.6 Å². The number of hydrogen-bond acceptors (Lipinski definition) is 2. The van der Waals surface area contributed by atoms with Gasteiger partial charge < -0.3 is 0 Å². The van der Waals surface area contributed by atoms with Crippen LogP contribution < -0.4 is 0 Å². The number of halogens is 2. The summed E-state index contributed by atoms with van der Waals surface area (Å²) in [7, 11) is 0. The van der Waals surface area contributed by atoms with Crippen LogP contribution in [0.2, 0.25) is 0 Å². The summed E-state index contributed by atoms with van der Waals surface area (Å²) in [5.41, 5.74) is 0.800. The molecule has 1 aliphatic carbocycles. The second-order valence-electron chi connectivity index (χ2n) is 2.85. The Balaban J connectivity index is 2.66. The molecule has 66 valence electrons. The number of fused-ring (bicyclic) bond motifs is 1. The molecular formula is C9H4BrFO2. The summed E-state index contributed by atoms with van der Waals surface area (Å²) in [4.78, 5) is 22.1. The van der Waals surface area contributed by atoms with Crippen molar-refractivity contribution in [3.8, 4) is 0 Å². The van der Waals surface area contributed by atoms with Gasteiger partial charge in [-0.15, -0.1) is 0 Å². The van der Waals surface area contributed by atoms with Crippen molar-refractivity contribution in [2.45, 2.75) is 6.42 Å². The van der Waals surface area contributed by atoms with Crippen LogP contribution >= 0.6 is 15.9 Å². The summed E-state index contributed by atoms with van der Waals surface area (Å²) in [6.45, 7) is 0. The van der Waals surface area contributed by atoms with E-state index in [0.29, 0.717) is 11.1 Å². The molecule has 0 saturated carbocycles. The summed E-state index contributed by atoms with van der Waals surface area (Å²) in [6, 6.07) is 2.58.